The van der Waals surface area contributed by atoms with Gasteiger partial charge in [-0.05, 0) is 26.1 Å². The zero-order valence-electron chi connectivity index (χ0n) is 14.9. The van der Waals surface area contributed by atoms with Gasteiger partial charge in [0.05, 0.1) is 5.69 Å². The summed E-state index contributed by atoms with van der Waals surface area (Å²) in [6, 6.07) is 7.98. The molecule has 0 unspecified atom stereocenters. The second kappa shape index (κ2) is 9.59. The Kier molecular flexibility index (Phi) is 7.16. The number of rotatable bonds is 10. The van der Waals surface area contributed by atoms with E-state index in [4.69, 9.17) is 9.47 Å². The van der Waals surface area contributed by atoms with E-state index < -0.39 is 0 Å². The molecule has 2 rings (SSSR count). The molecule has 0 amide bonds. The second-order valence-electron chi connectivity index (χ2n) is 5.69. The molecular formula is C20H25N3O2. The Balaban J connectivity index is 2.15. The van der Waals surface area contributed by atoms with E-state index >= 15 is 0 Å². The maximum Gasteiger partial charge on any atom is 0.127 e. The van der Waals surface area contributed by atoms with Gasteiger partial charge in [0.15, 0.2) is 0 Å². The monoisotopic (exact) mass is 339 g/mol. The third-order valence-corrected chi connectivity index (χ3v) is 3.88. The van der Waals surface area contributed by atoms with E-state index in [1.807, 2.05) is 24.3 Å². The molecule has 0 aliphatic carbocycles. The standard InChI is InChI=1S/C20H25N3O2/c1-5-11-24-18-8-7-17(20(13-18)25-12-6-2)14-23(4)16(3)19-9-10-21-15-22-19/h5-10,13,15-16H,1-2,11-12,14H2,3-4H3/t16-/m1/s1. The first kappa shape index (κ1) is 18.7. The highest BCUT2D eigenvalue weighted by molar-refractivity contribution is 5.41. The Morgan fingerprint density at radius 3 is 2.60 bits per heavy atom. The summed E-state index contributed by atoms with van der Waals surface area (Å²) in [7, 11) is 2.06. The third-order valence-electron chi connectivity index (χ3n) is 3.88. The molecule has 132 valence electrons. The molecule has 5 heteroatoms. The predicted molar refractivity (Wildman–Crippen MR) is 99.7 cm³/mol. The van der Waals surface area contributed by atoms with Crippen molar-refractivity contribution in [1.29, 1.82) is 0 Å². The summed E-state index contributed by atoms with van der Waals surface area (Å²) < 4.78 is 11.4. The maximum absolute atomic E-state index is 5.82. The molecule has 1 heterocycles. The highest BCUT2D eigenvalue weighted by Crippen LogP contribution is 2.28. The lowest BCUT2D eigenvalue weighted by molar-refractivity contribution is 0.242. The number of benzene rings is 1. The Labute approximate surface area is 149 Å². The van der Waals surface area contributed by atoms with Crippen LogP contribution in [0.15, 0.2) is 62.1 Å². The van der Waals surface area contributed by atoms with E-state index in [0.717, 1.165) is 29.3 Å². The molecule has 5 nitrogen and oxygen atoms in total. The Morgan fingerprint density at radius 1 is 1.16 bits per heavy atom. The van der Waals surface area contributed by atoms with Crippen molar-refractivity contribution in [1.82, 2.24) is 14.9 Å². The normalized spacial score (nSPS) is 11.8. The van der Waals surface area contributed by atoms with Crippen molar-refractivity contribution in [2.75, 3.05) is 20.3 Å². The largest absolute Gasteiger partial charge is 0.489 e. The molecule has 1 atom stereocenters. The molecule has 0 aliphatic rings. The first-order chi connectivity index (χ1) is 12.2. The number of hydrogen-bond acceptors (Lipinski definition) is 5. The highest BCUT2D eigenvalue weighted by atomic mass is 16.5. The summed E-state index contributed by atoms with van der Waals surface area (Å²) >= 11 is 0. The van der Waals surface area contributed by atoms with Crippen molar-refractivity contribution in [2.24, 2.45) is 0 Å². The molecule has 0 N–H and O–H groups in total. The van der Waals surface area contributed by atoms with Gasteiger partial charge in [-0.15, -0.1) is 0 Å². The van der Waals surface area contributed by atoms with E-state index in [-0.39, 0.29) is 6.04 Å². The van der Waals surface area contributed by atoms with Gasteiger partial charge in [-0.1, -0.05) is 31.4 Å². The Hall–Kier alpha value is -2.66. The quantitative estimate of drug-likeness (QED) is 0.616. The number of aromatic nitrogens is 2. The fraction of sp³-hybridized carbons (Fsp3) is 0.300. The summed E-state index contributed by atoms with van der Waals surface area (Å²) in [5.74, 6) is 1.55. The van der Waals surface area contributed by atoms with Gasteiger partial charge in [0.25, 0.3) is 0 Å². The van der Waals surface area contributed by atoms with E-state index in [1.54, 1.807) is 24.7 Å². The van der Waals surface area contributed by atoms with E-state index in [2.05, 4.69) is 42.0 Å². The summed E-state index contributed by atoms with van der Waals surface area (Å²) in [5.41, 5.74) is 2.06. The topological polar surface area (TPSA) is 47.5 Å². The second-order valence-corrected chi connectivity index (χ2v) is 5.69. The predicted octanol–water partition coefficient (Wildman–Crippen LogP) is 3.80. The molecule has 25 heavy (non-hydrogen) atoms. The molecular weight excluding hydrogens is 314 g/mol. The van der Waals surface area contributed by atoms with Crippen molar-refractivity contribution in [3.05, 3.63) is 73.4 Å². The molecule has 1 aromatic heterocycles. The molecule has 0 bridgehead atoms. The zero-order valence-corrected chi connectivity index (χ0v) is 14.9. The van der Waals surface area contributed by atoms with Gasteiger partial charge in [0.1, 0.15) is 31.0 Å². The summed E-state index contributed by atoms with van der Waals surface area (Å²) in [6.45, 7) is 11.1. The molecule has 0 spiro atoms. The molecule has 0 radical (unpaired) electrons. The lowest BCUT2D eigenvalue weighted by atomic mass is 10.1. The minimum Gasteiger partial charge on any atom is -0.489 e. The zero-order chi connectivity index (χ0) is 18.1. The van der Waals surface area contributed by atoms with Gasteiger partial charge in [-0.2, -0.15) is 0 Å². The average molecular weight is 339 g/mol. The first-order valence-corrected chi connectivity index (χ1v) is 8.22. The van der Waals surface area contributed by atoms with Gasteiger partial charge in [-0.3, -0.25) is 4.90 Å². The van der Waals surface area contributed by atoms with E-state index in [1.165, 1.54) is 0 Å². The van der Waals surface area contributed by atoms with Crippen LogP contribution in [0.2, 0.25) is 0 Å². The van der Waals surface area contributed by atoms with Crippen LogP contribution in [0.1, 0.15) is 24.2 Å². The van der Waals surface area contributed by atoms with Crippen LogP contribution >= 0.6 is 0 Å². The molecule has 0 saturated carbocycles. The van der Waals surface area contributed by atoms with Crippen LogP contribution in [0.3, 0.4) is 0 Å². The average Bonchev–Trinajstić information content (AvgIpc) is 2.66. The third kappa shape index (κ3) is 5.43. The minimum atomic E-state index is 0.159. The molecule has 1 aromatic carbocycles. The molecule has 0 fully saturated rings. The van der Waals surface area contributed by atoms with Gasteiger partial charge < -0.3 is 9.47 Å². The lowest BCUT2D eigenvalue weighted by Gasteiger charge is -2.25. The molecule has 0 saturated heterocycles. The van der Waals surface area contributed by atoms with Crippen LogP contribution in [-0.2, 0) is 6.54 Å². The minimum absolute atomic E-state index is 0.159. The molecule has 0 aliphatic heterocycles. The van der Waals surface area contributed by atoms with Gasteiger partial charge >= 0.3 is 0 Å². The molecule has 2 aromatic rings. The van der Waals surface area contributed by atoms with Gasteiger partial charge in [-0.25, -0.2) is 9.97 Å². The van der Waals surface area contributed by atoms with Crippen molar-refractivity contribution >= 4 is 0 Å². The van der Waals surface area contributed by atoms with Crippen molar-refractivity contribution in [3.8, 4) is 11.5 Å². The number of ether oxygens (including phenoxy) is 2. The SMILES string of the molecule is C=CCOc1ccc(CN(C)[C@H](C)c2ccncn2)c(OCC=C)c1. The van der Waals surface area contributed by atoms with Crippen LogP contribution < -0.4 is 9.47 Å². The fourth-order valence-electron chi connectivity index (χ4n) is 2.37. The van der Waals surface area contributed by atoms with Crippen molar-refractivity contribution in [2.45, 2.75) is 19.5 Å². The fourth-order valence-corrected chi connectivity index (χ4v) is 2.37. The van der Waals surface area contributed by atoms with E-state index in [0.29, 0.717) is 13.2 Å². The lowest BCUT2D eigenvalue weighted by Crippen LogP contribution is -2.23. The summed E-state index contributed by atoms with van der Waals surface area (Å²) in [6.07, 6.45) is 6.78. The van der Waals surface area contributed by atoms with Gasteiger partial charge in [0.2, 0.25) is 0 Å². The van der Waals surface area contributed by atoms with Crippen LogP contribution in [0, 0.1) is 0 Å². The smallest absolute Gasteiger partial charge is 0.127 e. The van der Waals surface area contributed by atoms with Crippen LogP contribution in [0.4, 0.5) is 0 Å². The van der Waals surface area contributed by atoms with Crippen LogP contribution in [-0.4, -0.2) is 35.1 Å². The number of nitrogens with zero attached hydrogens (tertiary/aromatic N) is 3. The highest BCUT2D eigenvalue weighted by Gasteiger charge is 2.15. The Morgan fingerprint density at radius 2 is 1.92 bits per heavy atom. The van der Waals surface area contributed by atoms with Crippen molar-refractivity contribution < 1.29 is 9.47 Å². The van der Waals surface area contributed by atoms with E-state index in [9.17, 15) is 0 Å². The van der Waals surface area contributed by atoms with Gasteiger partial charge in [0, 0.05) is 30.4 Å². The number of hydrogen-bond donors (Lipinski definition) is 0. The Bertz CT molecular complexity index is 689. The summed E-state index contributed by atoms with van der Waals surface area (Å²) in [4.78, 5) is 10.5. The van der Waals surface area contributed by atoms with Crippen LogP contribution in [0.25, 0.3) is 0 Å². The summed E-state index contributed by atoms with van der Waals surface area (Å²) in [5, 5.41) is 0. The first-order valence-electron chi connectivity index (χ1n) is 8.22. The van der Waals surface area contributed by atoms with Crippen LogP contribution in [0.5, 0.6) is 11.5 Å². The van der Waals surface area contributed by atoms with Crippen molar-refractivity contribution in [3.63, 3.8) is 0 Å². The maximum atomic E-state index is 5.82.